The van der Waals surface area contributed by atoms with Crippen LogP contribution in [0.3, 0.4) is 0 Å². The molecule has 6 nitrogen and oxygen atoms in total. The van der Waals surface area contributed by atoms with Crippen molar-refractivity contribution in [3.05, 3.63) is 12.3 Å². The standard InChI is InChI=1S/C17H29N5O/c1-13(23)19-14-5-7-15(8-6-14)20-16-4-3-11-22(12-16)17-9-10-18-21(17)2/h9-10,14-16,20H,3-8,11-12H2,1-2H3,(H,19,23). The molecule has 2 fully saturated rings. The summed E-state index contributed by atoms with van der Waals surface area (Å²) < 4.78 is 1.96. The zero-order chi connectivity index (χ0) is 16.2. The van der Waals surface area contributed by atoms with E-state index in [0.29, 0.717) is 18.1 Å². The number of aromatic nitrogens is 2. The SMILES string of the molecule is CC(=O)NC1CCC(NC2CCCN(c3ccnn3C)C2)CC1. The Balaban J connectivity index is 1.47. The third-order valence-electron chi connectivity index (χ3n) is 5.15. The van der Waals surface area contributed by atoms with Crippen molar-refractivity contribution in [2.45, 2.75) is 63.6 Å². The Kier molecular flexibility index (Phi) is 5.20. The largest absolute Gasteiger partial charge is 0.355 e. The van der Waals surface area contributed by atoms with Gasteiger partial charge in [0.15, 0.2) is 0 Å². The molecule has 1 aliphatic heterocycles. The van der Waals surface area contributed by atoms with Crippen molar-refractivity contribution in [1.82, 2.24) is 20.4 Å². The van der Waals surface area contributed by atoms with Crippen LogP contribution in [0.15, 0.2) is 12.3 Å². The van der Waals surface area contributed by atoms with Crippen LogP contribution in [0.4, 0.5) is 5.82 Å². The van der Waals surface area contributed by atoms with Gasteiger partial charge in [-0.3, -0.25) is 9.48 Å². The fourth-order valence-electron chi connectivity index (χ4n) is 4.02. The first kappa shape index (κ1) is 16.3. The molecule has 23 heavy (non-hydrogen) atoms. The van der Waals surface area contributed by atoms with Crippen LogP contribution in [0.1, 0.15) is 45.4 Å². The van der Waals surface area contributed by atoms with E-state index >= 15 is 0 Å². The van der Waals surface area contributed by atoms with Crippen LogP contribution in [0.25, 0.3) is 0 Å². The molecule has 2 N–H and O–H groups in total. The second-order valence-electron chi connectivity index (χ2n) is 7.01. The van der Waals surface area contributed by atoms with Gasteiger partial charge < -0.3 is 15.5 Å². The van der Waals surface area contributed by atoms with Crippen LogP contribution in [-0.4, -0.2) is 46.9 Å². The first-order valence-electron chi connectivity index (χ1n) is 8.88. The van der Waals surface area contributed by atoms with Crippen molar-refractivity contribution in [2.24, 2.45) is 7.05 Å². The maximum absolute atomic E-state index is 11.1. The zero-order valence-electron chi connectivity index (χ0n) is 14.3. The Morgan fingerprint density at radius 2 is 1.91 bits per heavy atom. The summed E-state index contributed by atoms with van der Waals surface area (Å²) in [4.78, 5) is 13.6. The van der Waals surface area contributed by atoms with Crippen LogP contribution >= 0.6 is 0 Å². The molecular formula is C17H29N5O. The molecule has 1 aromatic rings. The van der Waals surface area contributed by atoms with Crippen molar-refractivity contribution in [3.63, 3.8) is 0 Å². The predicted molar refractivity (Wildman–Crippen MR) is 91.4 cm³/mol. The Morgan fingerprint density at radius 3 is 2.57 bits per heavy atom. The molecule has 0 spiro atoms. The Hall–Kier alpha value is -1.56. The molecule has 1 aliphatic carbocycles. The maximum Gasteiger partial charge on any atom is 0.217 e. The van der Waals surface area contributed by atoms with E-state index < -0.39 is 0 Å². The number of carbonyl (C=O) groups excluding carboxylic acids is 1. The number of nitrogens with one attached hydrogen (secondary N) is 2. The molecular weight excluding hydrogens is 290 g/mol. The summed E-state index contributed by atoms with van der Waals surface area (Å²) >= 11 is 0. The number of aryl methyl sites for hydroxylation is 1. The Morgan fingerprint density at radius 1 is 1.17 bits per heavy atom. The smallest absolute Gasteiger partial charge is 0.217 e. The molecule has 0 radical (unpaired) electrons. The number of hydrogen-bond acceptors (Lipinski definition) is 4. The van der Waals surface area contributed by atoms with E-state index in [0.717, 1.165) is 38.8 Å². The quantitative estimate of drug-likeness (QED) is 0.881. The number of nitrogens with zero attached hydrogens (tertiary/aromatic N) is 3. The molecule has 6 heteroatoms. The highest BCUT2D eigenvalue weighted by molar-refractivity contribution is 5.73. The molecule has 1 unspecified atom stereocenters. The van der Waals surface area contributed by atoms with Crippen LogP contribution in [0.2, 0.25) is 0 Å². The van der Waals surface area contributed by atoms with E-state index in [-0.39, 0.29) is 5.91 Å². The molecule has 0 bridgehead atoms. The molecule has 1 aromatic heterocycles. The van der Waals surface area contributed by atoms with E-state index in [4.69, 9.17) is 0 Å². The lowest BCUT2D eigenvalue weighted by molar-refractivity contribution is -0.119. The lowest BCUT2D eigenvalue weighted by atomic mass is 9.90. The minimum atomic E-state index is 0.0977. The fourth-order valence-corrected chi connectivity index (χ4v) is 4.02. The van der Waals surface area contributed by atoms with Gasteiger partial charge in [-0.05, 0) is 38.5 Å². The first-order valence-corrected chi connectivity index (χ1v) is 8.88. The summed E-state index contributed by atoms with van der Waals surface area (Å²) in [6, 6.07) is 3.63. The van der Waals surface area contributed by atoms with Gasteiger partial charge in [0, 0.05) is 51.3 Å². The van der Waals surface area contributed by atoms with Crippen molar-refractivity contribution >= 4 is 11.7 Å². The molecule has 1 saturated carbocycles. The second-order valence-corrected chi connectivity index (χ2v) is 7.01. The number of rotatable bonds is 4. The van der Waals surface area contributed by atoms with Crippen molar-refractivity contribution in [1.29, 1.82) is 0 Å². The van der Waals surface area contributed by atoms with Gasteiger partial charge in [-0.25, -0.2) is 0 Å². The fraction of sp³-hybridized carbons (Fsp3) is 0.765. The van der Waals surface area contributed by atoms with E-state index in [1.807, 2.05) is 17.9 Å². The average Bonchev–Trinajstić information content (AvgIpc) is 2.95. The van der Waals surface area contributed by atoms with Crippen molar-refractivity contribution < 1.29 is 4.79 Å². The average molecular weight is 319 g/mol. The molecule has 0 aromatic carbocycles. The van der Waals surface area contributed by atoms with Gasteiger partial charge in [0.25, 0.3) is 0 Å². The minimum absolute atomic E-state index is 0.0977. The highest BCUT2D eigenvalue weighted by atomic mass is 16.1. The molecule has 128 valence electrons. The number of hydrogen-bond donors (Lipinski definition) is 2. The summed E-state index contributed by atoms with van der Waals surface area (Å²) in [7, 11) is 2.01. The number of carbonyl (C=O) groups is 1. The molecule has 2 heterocycles. The van der Waals surface area contributed by atoms with E-state index in [1.165, 1.54) is 18.7 Å². The van der Waals surface area contributed by atoms with E-state index in [2.05, 4.69) is 26.7 Å². The Labute approximate surface area is 138 Å². The molecule has 1 atom stereocenters. The minimum Gasteiger partial charge on any atom is -0.355 e. The summed E-state index contributed by atoms with van der Waals surface area (Å²) in [5.41, 5.74) is 0. The van der Waals surface area contributed by atoms with Gasteiger partial charge >= 0.3 is 0 Å². The molecule has 1 amide bonds. The first-order chi connectivity index (χ1) is 11.1. The number of anilines is 1. The van der Waals surface area contributed by atoms with E-state index in [9.17, 15) is 4.79 Å². The van der Waals surface area contributed by atoms with Crippen molar-refractivity contribution in [2.75, 3.05) is 18.0 Å². The van der Waals surface area contributed by atoms with Gasteiger partial charge in [-0.2, -0.15) is 5.10 Å². The van der Waals surface area contributed by atoms with Gasteiger partial charge in [0.1, 0.15) is 5.82 Å². The third kappa shape index (κ3) is 4.25. The van der Waals surface area contributed by atoms with Crippen LogP contribution in [0, 0.1) is 0 Å². The second kappa shape index (κ2) is 7.34. The number of amides is 1. The highest BCUT2D eigenvalue weighted by Gasteiger charge is 2.27. The topological polar surface area (TPSA) is 62.2 Å². The Bertz CT molecular complexity index is 521. The van der Waals surface area contributed by atoms with Crippen molar-refractivity contribution in [3.8, 4) is 0 Å². The van der Waals surface area contributed by atoms with Crippen LogP contribution in [0.5, 0.6) is 0 Å². The molecule has 1 saturated heterocycles. The summed E-state index contributed by atoms with van der Waals surface area (Å²) in [6.07, 6.45) is 8.85. The normalized spacial score (nSPS) is 28.6. The van der Waals surface area contributed by atoms with Crippen LogP contribution in [-0.2, 0) is 11.8 Å². The lowest BCUT2D eigenvalue weighted by Gasteiger charge is -2.38. The number of piperidine rings is 1. The van der Waals surface area contributed by atoms with E-state index in [1.54, 1.807) is 6.92 Å². The molecule has 3 rings (SSSR count). The lowest BCUT2D eigenvalue weighted by Crippen LogP contribution is -2.51. The highest BCUT2D eigenvalue weighted by Crippen LogP contribution is 2.23. The zero-order valence-corrected chi connectivity index (χ0v) is 14.3. The summed E-state index contributed by atoms with van der Waals surface area (Å²) in [5.74, 6) is 1.31. The predicted octanol–water partition coefficient (Wildman–Crippen LogP) is 1.43. The summed E-state index contributed by atoms with van der Waals surface area (Å²) in [6.45, 7) is 3.79. The van der Waals surface area contributed by atoms with Gasteiger partial charge in [0.2, 0.25) is 5.91 Å². The monoisotopic (exact) mass is 319 g/mol. The maximum atomic E-state index is 11.1. The summed E-state index contributed by atoms with van der Waals surface area (Å²) in [5, 5.41) is 11.2. The van der Waals surface area contributed by atoms with Gasteiger partial charge in [-0.1, -0.05) is 0 Å². The third-order valence-corrected chi connectivity index (χ3v) is 5.15. The van der Waals surface area contributed by atoms with Gasteiger partial charge in [0.05, 0.1) is 6.20 Å². The van der Waals surface area contributed by atoms with Crippen LogP contribution < -0.4 is 15.5 Å². The van der Waals surface area contributed by atoms with Gasteiger partial charge in [-0.15, -0.1) is 0 Å². The molecule has 2 aliphatic rings.